The zero-order chi connectivity index (χ0) is 22.7. The fraction of sp³-hybridized carbons (Fsp3) is 0.500. The first kappa shape index (κ1) is 23.1. The molecule has 4 nitrogen and oxygen atoms in total. The SMILES string of the molecule is CCC(CC)C(=O)Nc1ccc(N2CCN(C(c3ccc(Cl)cc3)C3CC3)CC2)c(F)c1. The Bertz CT molecular complexity index is 919. The summed E-state index contributed by atoms with van der Waals surface area (Å²) in [5, 5.41) is 3.63. The van der Waals surface area contributed by atoms with E-state index in [0.717, 1.165) is 44.0 Å². The normalized spacial score (nSPS) is 18.1. The molecule has 2 aromatic carbocycles. The van der Waals surface area contributed by atoms with Gasteiger partial charge in [-0.25, -0.2) is 4.39 Å². The Morgan fingerprint density at radius 3 is 2.28 bits per heavy atom. The van der Waals surface area contributed by atoms with E-state index >= 15 is 0 Å². The van der Waals surface area contributed by atoms with Gasteiger partial charge in [-0.1, -0.05) is 37.6 Å². The largest absolute Gasteiger partial charge is 0.367 e. The molecule has 1 saturated heterocycles. The van der Waals surface area contributed by atoms with Crippen molar-refractivity contribution in [3.63, 3.8) is 0 Å². The first-order valence-electron chi connectivity index (χ1n) is 11.8. The minimum Gasteiger partial charge on any atom is -0.367 e. The lowest BCUT2D eigenvalue weighted by molar-refractivity contribution is -0.120. The maximum absolute atomic E-state index is 14.9. The van der Waals surface area contributed by atoms with E-state index in [0.29, 0.717) is 23.3 Å². The van der Waals surface area contributed by atoms with Crippen LogP contribution in [0.4, 0.5) is 15.8 Å². The lowest BCUT2D eigenvalue weighted by atomic mass is 9.99. The Labute approximate surface area is 195 Å². The molecule has 4 rings (SSSR count). The third kappa shape index (κ3) is 5.26. The van der Waals surface area contributed by atoms with Crippen LogP contribution >= 0.6 is 11.6 Å². The van der Waals surface area contributed by atoms with Gasteiger partial charge in [0, 0.05) is 48.8 Å². The summed E-state index contributed by atoms with van der Waals surface area (Å²) >= 11 is 6.09. The number of nitrogens with one attached hydrogen (secondary N) is 1. The van der Waals surface area contributed by atoms with Gasteiger partial charge in [0.25, 0.3) is 0 Å². The summed E-state index contributed by atoms with van der Waals surface area (Å²) in [5.74, 6) is 0.351. The summed E-state index contributed by atoms with van der Waals surface area (Å²) < 4.78 is 14.9. The fourth-order valence-corrected chi connectivity index (χ4v) is 4.96. The second kappa shape index (κ2) is 10.2. The van der Waals surface area contributed by atoms with E-state index in [4.69, 9.17) is 11.6 Å². The number of amides is 1. The van der Waals surface area contributed by atoms with Crippen LogP contribution in [-0.2, 0) is 4.79 Å². The highest BCUT2D eigenvalue weighted by molar-refractivity contribution is 6.30. The van der Waals surface area contributed by atoms with Crippen LogP contribution in [0.3, 0.4) is 0 Å². The van der Waals surface area contributed by atoms with Crippen LogP contribution in [0.5, 0.6) is 0 Å². The number of anilines is 2. The molecule has 1 aliphatic heterocycles. The van der Waals surface area contributed by atoms with Crippen LogP contribution in [0.25, 0.3) is 0 Å². The number of carbonyl (C=O) groups excluding carboxylic acids is 1. The van der Waals surface area contributed by atoms with Crippen molar-refractivity contribution in [2.75, 3.05) is 36.4 Å². The number of carbonyl (C=O) groups is 1. The van der Waals surface area contributed by atoms with Gasteiger partial charge in [0.15, 0.2) is 0 Å². The smallest absolute Gasteiger partial charge is 0.227 e. The van der Waals surface area contributed by atoms with E-state index in [1.54, 1.807) is 6.07 Å². The summed E-state index contributed by atoms with van der Waals surface area (Å²) in [6.45, 7) is 7.36. The van der Waals surface area contributed by atoms with Gasteiger partial charge in [0.05, 0.1) is 5.69 Å². The second-order valence-electron chi connectivity index (χ2n) is 9.03. The lowest BCUT2D eigenvalue weighted by Crippen LogP contribution is -2.48. The molecule has 1 heterocycles. The highest BCUT2D eigenvalue weighted by atomic mass is 35.5. The Morgan fingerprint density at radius 1 is 1.06 bits per heavy atom. The zero-order valence-electron chi connectivity index (χ0n) is 19.0. The quantitative estimate of drug-likeness (QED) is 0.518. The predicted octanol–water partition coefficient (Wildman–Crippen LogP) is 6.13. The standard InChI is InChI=1S/C26H33ClFN3O/c1-3-18(4-2)26(32)29-22-11-12-24(23(28)17-22)30-13-15-31(16-14-30)25(19-5-6-19)20-7-9-21(27)10-8-20/h7-12,17-19,25H,3-6,13-16H2,1-2H3,(H,29,32). The van der Waals surface area contributed by atoms with Crippen molar-refractivity contribution in [1.82, 2.24) is 4.90 Å². The second-order valence-corrected chi connectivity index (χ2v) is 9.46. The van der Waals surface area contributed by atoms with Gasteiger partial charge >= 0.3 is 0 Å². The van der Waals surface area contributed by atoms with Crippen molar-refractivity contribution in [1.29, 1.82) is 0 Å². The summed E-state index contributed by atoms with van der Waals surface area (Å²) in [5.41, 5.74) is 2.46. The molecule has 0 aromatic heterocycles. The number of hydrogen-bond acceptors (Lipinski definition) is 3. The van der Waals surface area contributed by atoms with Crippen LogP contribution < -0.4 is 10.2 Å². The number of piperazine rings is 1. The first-order chi connectivity index (χ1) is 15.5. The van der Waals surface area contributed by atoms with Gasteiger partial charge in [-0.2, -0.15) is 0 Å². The van der Waals surface area contributed by atoms with Crippen molar-refractivity contribution in [2.24, 2.45) is 11.8 Å². The molecule has 0 bridgehead atoms. The third-order valence-electron chi connectivity index (χ3n) is 6.90. The van der Waals surface area contributed by atoms with Gasteiger partial charge < -0.3 is 10.2 Å². The van der Waals surface area contributed by atoms with Crippen LogP contribution in [0.15, 0.2) is 42.5 Å². The number of halogens is 2. The van der Waals surface area contributed by atoms with E-state index in [-0.39, 0.29) is 17.6 Å². The molecular formula is C26H33ClFN3O. The molecular weight excluding hydrogens is 425 g/mol. The molecule has 0 radical (unpaired) electrons. The molecule has 1 aliphatic carbocycles. The van der Waals surface area contributed by atoms with Crippen molar-refractivity contribution in [3.8, 4) is 0 Å². The fourth-order valence-electron chi connectivity index (χ4n) is 4.84. The molecule has 1 saturated carbocycles. The molecule has 6 heteroatoms. The van der Waals surface area contributed by atoms with E-state index in [1.165, 1.54) is 24.5 Å². The van der Waals surface area contributed by atoms with Crippen LogP contribution in [0.1, 0.15) is 51.1 Å². The third-order valence-corrected chi connectivity index (χ3v) is 7.15. The maximum Gasteiger partial charge on any atom is 0.227 e. The molecule has 1 unspecified atom stereocenters. The highest BCUT2D eigenvalue weighted by Gasteiger charge is 2.37. The van der Waals surface area contributed by atoms with Gasteiger partial charge in [-0.3, -0.25) is 9.69 Å². The van der Waals surface area contributed by atoms with E-state index in [1.807, 2.05) is 32.0 Å². The average molecular weight is 458 g/mol. The Morgan fingerprint density at radius 2 is 1.72 bits per heavy atom. The molecule has 2 fully saturated rings. The van der Waals surface area contributed by atoms with Crippen molar-refractivity contribution in [3.05, 3.63) is 58.9 Å². The highest BCUT2D eigenvalue weighted by Crippen LogP contribution is 2.45. The number of hydrogen-bond donors (Lipinski definition) is 1. The van der Waals surface area contributed by atoms with Crippen LogP contribution in [0, 0.1) is 17.7 Å². The van der Waals surface area contributed by atoms with Gasteiger partial charge in [0.2, 0.25) is 5.91 Å². The lowest BCUT2D eigenvalue weighted by Gasteiger charge is -2.40. The topological polar surface area (TPSA) is 35.6 Å². The monoisotopic (exact) mass is 457 g/mol. The zero-order valence-corrected chi connectivity index (χ0v) is 19.7. The van der Waals surface area contributed by atoms with E-state index in [9.17, 15) is 9.18 Å². The molecule has 32 heavy (non-hydrogen) atoms. The minimum absolute atomic E-state index is 0.0362. The Hall–Kier alpha value is -2.11. The van der Waals surface area contributed by atoms with Crippen molar-refractivity contribution in [2.45, 2.75) is 45.6 Å². The maximum atomic E-state index is 14.9. The average Bonchev–Trinajstić information content (AvgIpc) is 3.62. The Kier molecular flexibility index (Phi) is 7.37. The summed E-state index contributed by atoms with van der Waals surface area (Å²) in [6.07, 6.45) is 4.11. The van der Waals surface area contributed by atoms with E-state index in [2.05, 4.69) is 27.2 Å². The van der Waals surface area contributed by atoms with Crippen LogP contribution in [-0.4, -0.2) is 37.0 Å². The molecule has 0 spiro atoms. The minimum atomic E-state index is -0.280. The van der Waals surface area contributed by atoms with Crippen molar-refractivity contribution >= 4 is 28.9 Å². The predicted molar refractivity (Wildman–Crippen MR) is 130 cm³/mol. The van der Waals surface area contributed by atoms with Crippen molar-refractivity contribution < 1.29 is 9.18 Å². The number of benzene rings is 2. The van der Waals surface area contributed by atoms with Gasteiger partial charge in [0.1, 0.15) is 5.82 Å². The van der Waals surface area contributed by atoms with Gasteiger partial charge in [-0.05, 0) is 67.5 Å². The molecule has 1 atom stereocenters. The van der Waals surface area contributed by atoms with E-state index < -0.39 is 0 Å². The molecule has 172 valence electrons. The summed E-state index contributed by atoms with van der Waals surface area (Å²) in [6, 6.07) is 13.7. The molecule has 2 aliphatic rings. The number of nitrogens with zero attached hydrogens (tertiary/aromatic N) is 2. The van der Waals surface area contributed by atoms with Gasteiger partial charge in [-0.15, -0.1) is 0 Å². The molecule has 1 N–H and O–H groups in total. The molecule has 1 amide bonds. The Balaban J connectivity index is 1.39. The van der Waals surface area contributed by atoms with Crippen LogP contribution in [0.2, 0.25) is 5.02 Å². The number of rotatable bonds is 8. The molecule has 2 aromatic rings. The summed E-state index contributed by atoms with van der Waals surface area (Å²) in [4.78, 5) is 17.0. The summed E-state index contributed by atoms with van der Waals surface area (Å²) in [7, 11) is 0. The first-order valence-corrected chi connectivity index (χ1v) is 12.2.